The molecule has 170 valence electrons. The number of hydrogen-bond donors (Lipinski definition) is 0. The predicted molar refractivity (Wildman–Crippen MR) is 125 cm³/mol. The second kappa shape index (κ2) is 8.92. The molecule has 1 saturated heterocycles. The first-order chi connectivity index (χ1) is 16.0. The topological polar surface area (TPSA) is 67.8 Å². The van der Waals surface area contributed by atoms with E-state index in [-0.39, 0.29) is 5.91 Å². The van der Waals surface area contributed by atoms with Crippen molar-refractivity contribution in [2.75, 3.05) is 27.2 Å². The minimum Gasteiger partial charge on any atom is -0.462 e. The summed E-state index contributed by atoms with van der Waals surface area (Å²) in [5.74, 6) is 0.0833. The van der Waals surface area contributed by atoms with Gasteiger partial charge in [0.1, 0.15) is 11.4 Å². The lowest BCUT2D eigenvalue weighted by Gasteiger charge is -2.43. The maximum Gasteiger partial charge on any atom is 0.274 e. The van der Waals surface area contributed by atoms with Gasteiger partial charge < -0.3 is 19.3 Å². The van der Waals surface area contributed by atoms with Gasteiger partial charge in [-0.05, 0) is 42.9 Å². The molecule has 3 aromatic rings. The van der Waals surface area contributed by atoms with E-state index >= 15 is 0 Å². The lowest BCUT2D eigenvalue weighted by molar-refractivity contribution is -0.225. The van der Waals surface area contributed by atoms with Crippen LogP contribution in [0.3, 0.4) is 0 Å². The van der Waals surface area contributed by atoms with Gasteiger partial charge in [-0.15, -0.1) is 0 Å². The number of carbonyl (C=O) groups excluding carboxylic acids is 1. The molecule has 1 fully saturated rings. The second-order valence-corrected chi connectivity index (χ2v) is 8.94. The Labute approximate surface area is 194 Å². The Balaban J connectivity index is 1.25. The maximum atomic E-state index is 12.7. The number of carbonyl (C=O) groups is 1. The zero-order valence-corrected chi connectivity index (χ0v) is 19.0. The quantitative estimate of drug-likeness (QED) is 0.611. The Kier molecular flexibility index (Phi) is 5.83. The summed E-state index contributed by atoms with van der Waals surface area (Å²) in [6.45, 7) is 2.54. The van der Waals surface area contributed by atoms with Crippen LogP contribution in [0.15, 0.2) is 61.1 Å². The first kappa shape index (κ1) is 21.6. The first-order valence-corrected chi connectivity index (χ1v) is 11.3. The molecule has 0 unspecified atom stereocenters. The molecular weight excluding hydrogens is 416 g/mol. The highest BCUT2D eigenvalue weighted by atomic mass is 16.7. The largest absolute Gasteiger partial charge is 0.462 e. The van der Waals surface area contributed by atoms with E-state index in [1.165, 1.54) is 23.5 Å². The molecule has 2 aromatic carbocycles. The highest BCUT2D eigenvalue weighted by molar-refractivity contribution is 5.92. The second-order valence-electron chi connectivity index (χ2n) is 8.94. The van der Waals surface area contributed by atoms with Crippen LogP contribution in [0.2, 0.25) is 0 Å². The summed E-state index contributed by atoms with van der Waals surface area (Å²) in [6, 6.07) is 15.0. The van der Waals surface area contributed by atoms with Crippen molar-refractivity contribution in [1.82, 2.24) is 19.8 Å². The minimum absolute atomic E-state index is 0.101. The number of amides is 1. The lowest BCUT2D eigenvalue weighted by Crippen LogP contribution is -2.52. The summed E-state index contributed by atoms with van der Waals surface area (Å²) >= 11 is 0. The molecule has 0 aliphatic carbocycles. The van der Waals surface area contributed by atoms with E-state index in [1.54, 1.807) is 11.1 Å². The summed E-state index contributed by atoms with van der Waals surface area (Å²) in [7, 11) is 4.15. The summed E-state index contributed by atoms with van der Waals surface area (Å²) in [5.41, 5.74) is 5.04. The molecule has 2 aliphatic heterocycles. The smallest absolute Gasteiger partial charge is 0.274 e. The molecule has 0 N–H and O–H groups in total. The zero-order valence-electron chi connectivity index (χ0n) is 19.0. The molecule has 0 atom stereocenters. The molecule has 3 heterocycles. The minimum atomic E-state index is -0.679. The normalized spacial score (nSPS) is 17.0. The molecule has 2 aliphatic rings. The number of fused-ring (bicyclic) bond motifs is 1. The van der Waals surface area contributed by atoms with Crippen molar-refractivity contribution in [3.63, 3.8) is 0 Å². The number of nitrogens with zero attached hydrogens (tertiary/aromatic N) is 4. The summed E-state index contributed by atoms with van der Waals surface area (Å²) in [5, 5.41) is 0. The molecule has 1 aromatic heterocycles. The fourth-order valence-corrected chi connectivity index (χ4v) is 4.45. The Bertz CT molecular complexity index is 1120. The molecule has 0 radical (unpaired) electrons. The highest BCUT2D eigenvalue weighted by Crippen LogP contribution is 2.39. The van der Waals surface area contributed by atoms with Gasteiger partial charge in [-0.2, -0.15) is 0 Å². The number of ether oxygens (including phenoxy) is 2. The van der Waals surface area contributed by atoms with Gasteiger partial charge in [0.15, 0.2) is 0 Å². The zero-order chi connectivity index (χ0) is 22.8. The summed E-state index contributed by atoms with van der Waals surface area (Å²) < 4.78 is 12.6. The van der Waals surface area contributed by atoms with Crippen LogP contribution in [0, 0.1) is 0 Å². The Hall–Kier alpha value is -3.29. The number of hydrogen-bond acceptors (Lipinski definition) is 6. The molecule has 0 bridgehead atoms. The predicted octanol–water partition coefficient (Wildman–Crippen LogP) is 3.75. The summed E-state index contributed by atoms with van der Waals surface area (Å²) in [4.78, 5) is 24.7. The number of rotatable bonds is 4. The molecule has 33 heavy (non-hydrogen) atoms. The monoisotopic (exact) mass is 444 g/mol. The van der Waals surface area contributed by atoms with Crippen molar-refractivity contribution in [1.29, 1.82) is 0 Å². The van der Waals surface area contributed by atoms with Crippen LogP contribution >= 0.6 is 0 Å². The third kappa shape index (κ3) is 4.60. The van der Waals surface area contributed by atoms with E-state index in [1.807, 2.05) is 6.07 Å². The van der Waals surface area contributed by atoms with Crippen LogP contribution in [-0.4, -0.2) is 58.6 Å². The Morgan fingerprint density at radius 3 is 2.52 bits per heavy atom. The van der Waals surface area contributed by atoms with Gasteiger partial charge in [0.05, 0.1) is 12.8 Å². The van der Waals surface area contributed by atoms with Crippen LogP contribution in [0.4, 0.5) is 0 Å². The van der Waals surface area contributed by atoms with Gasteiger partial charge >= 0.3 is 0 Å². The van der Waals surface area contributed by atoms with Crippen molar-refractivity contribution in [3.8, 4) is 16.9 Å². The Morgan fingerprint density at radius 2 is 1.82 bits per heavy atom. The van der Waals surface area contributed by atoms with Crippen molar-refractivity contribution in [2.45, 2.75) is 31.8 Å². The third-order valence-corrected chi connectivity index (χ3v) is 6.23. The molecule has 7 heteroatoms. The van der Waals surface area contributed by atoms with Crippen LogP contribution < -0.4 is 4.74 Å². The van der Waals surface area contributed by atoms with Crippen LogP contribution in [0.25, 0.3) is 11.1 Å². The standard InChI is InChI=1S/C26H28N4O3/c1-29(2)17-19-3-5-20(6-4-19)21-7-8-24-22(15-21)18-32-26(33-24)9-13-30(14-10-26)25(31)23-16-27-11-12-28-23/h3-8,11-12,15-16H,9-10,13-14,17-18H2,1-2H3. The maximum absolute atomic E-state index is 12.7. The fourth-order valence-electron chi connectivity index (χ4n) is 4.45. The SMILES string of the molecule is CN(C)Cc1ccc(-c2ccc3c(c2)COC2(CCN(C(=O)c4cnccn4)CC2)O3)cc1. The van der Waals surface area contributed by atoms with Gasteiger partial charge in [0.25, 0.3) is 5.91 Å². The first-order valence-electron chi connectivity index (χ1n) is 11.3. The average Bonchev–Trinajstić information content (AvgIpc) is 2.84. The van der Waals surface area contributed by atoms with E-state index in [0.717, 1.165) is 23.4 Å². The molecule has 1 spiro atoms. The van der Waals surface area contributed by atoms with E-state index < -0.39 is 5.79 Å². The number of piperidine rings is 1. The number of benzene rings is 2. The number of aromatic nitrogens is 2. The lowest BCUT2D eigenvalue weighted by atomic mass is 9.98. The third-order valence-electron chi connectivity index (χ3n) is 6.23. The number of likely N-dealkylation sites (tertiary alicyclic amines) is 1. The van der Waals surface area contributed by atoms with E-state index in [4.69, 9.17) is 9.47 Å². The molecule has 1 amide bonds. The fraction of sp³-hybridized carbons (Fsp3) is 0.346. The van der Waals surface area contributed by atoms with Gasteiger partial charge in [-0.1, -0.05) is 30.3 Å². The van der Waals surface area contributed by atoms with Crippen molar-refractivity contribution in [2.24, 2.45) is 0 Å². The Morgan fingerprint density at radius 1 is 1.06 bits per heavy atom. The van der Waals surface area contributed by atoms with Crippen LogP contribution in [0.5, 0.6) is 5.75 Å². The molecule has 7 nitrogen and oxygen atoms in total. The van der Waals surface area contributed by atoms with E-state index in [9.17, 15) is 4.79 Å². The van der Waals surface area contributed by atoms with Crippen molar-refractivity contribution in [3.05, 3.63) is 77.9 Å². The molecule has 0 saturated carbocycles. The average molecular weight is 445 g/mol. The van der Waals surface area contributed by atoms with Crippen molar-refractivity contribution < 1.29 is 14.3 Å². The van der Waals surface area contributed by atoms with Crippen LogP contribution in [0.1, 0.15) is 34.5 Å². The van der Waals surface area contributed by atoms with E-state index in [2.05, 4.69) is 65.4 Å². The molecular formula is C26H28N4O3. The van der Waals surface area contributed by atoms with E-state index in [0.29, 0.717) is 38.2 Å². The van der Waals surface area contributed by atoms with Crippen molar-refractivity contribution >= 4 is 5.91 Å². The van der Waals surface area contributed by atoms with Crippen LogP contribution in [-0.2, 0) is 17.9 Å². The highest BCUT2D eigenvalue weighted by Gasteiger charge is 2.42. The van der Waals surface area contributed by atoms with Gasteiger partial charge in [-0.25, -0.2) is 4.98 Å². The summed E-state index contributed by atoms with van der Waals surface area (Å²) in [6.07, 6.45) is 5.84. The van der Waals surface area contributed by atoms with Gasteiger partial charge in [-0.3, -0.25) is 9.78 Å². The molecule has 5 rings (SSSR count). The van der Waals surface area contributed by atoms with Gasteiger partial charge in [0, 0.05) is 50.4 Å². The van der Waals surface area contributed by atoms with Gasteiger partial charge in [0.2, 0.25) is 5.79 Å².